The number of likely N-dealkylation sites (N-methyl/N-ethyl adjacent to an activating group) is 1. The van der Waals surface area contributed by atoms with E-state index in [9.17, 15) is 13.2 Å². The lowest BCUT2D eigenvalue weighted by atomic mass is 10.2. The van der Waals surface area contributed by atoms with Crippen molar-refractivity contribution in [2.75, 3.05) is 7.05 Å². The second-order valence-electron chi connectivity index (χ2n) is 5.15. The molecule has 1 fully saturated rings. The molecule has 0 atom stereocenters. The van der Waals surface area contributed by atoms with Gasteiger partial charge in [0.05, 0.1) is 16.1 Å². The molecule has 1 aromatic heterocycles. The summed E-state index contributed by atoms with van der Waals surface area (Å²) < 4.78 is 33.8. The number of nitrogens with zero attached hydrogens (tertiary/aromatic N) is 2. The van der Waals surface area contributed by atoms with Gasteiger partial charge in [-0.3, -0.25) is 9.69 Å². The third kappa shape index (κ3) is 3.29. The number of aryl methyl sites for hydroxylation is 1. The molecule has 124 valence electrons. The van der Waals surface area contributed by atoms with Gasteiger partial charge in [0, 0.05) is 13.1 Å². The molecular weight excluding hydrogens is 348 g/mol. The molecule has 1 aliphatic rings. The second kappa shape index (κ2) is 6.29. The maximum absolute atomic E-state index is 12.4. The van der Waals surface area contributed by atoms with Crippen molar-refractivity contribution in [1.82, 2.24) is 4.90 Å². The maximum Gasteiger partial charge on any atom is 0.284 e. The van der Waals surface area contributed by atoms with E-state index in [0.717, 1.165) is 17.3 Å². The Bertz CT molecular complexity index is 927. The van der Waals surface area contributed by atoms with Crippen molar-refractivity contribution in [3.8, 4) is 0 Å². The van der Waals surface area contributed by atoms with Gasteiger partial charge >= 0.3 is 0 Å². The molecule has 0 N–H and O–H groups in total. The molecule has 8 heteroatoms. The number of carbonyl (C=O) groups is 1. The average Bonchev–Trinajstić information content (AvgIpc) is 3.13. The number of rotatable bonds is 3. The van der Waals surface area contributed by atoms with Gasteiger partial charge in [0.25, 0.3) is 15.9 Å². The van der Waals surface area contributed by atoms with E-state index in [1.54, 1.807) is 30.3 Å². The number of thioether (sulfide) groups is 1. The van der Waals surface area contributed by atoms with Gasteiger partial charge in [-0.15, -0.1) is 4.40 Å². The third-order valence-electron chi connectivity index (χ3n) is 3.34. The Hall–Kier alpha value is -2.32. The van der Waals surface area contributed by atoms with Crippen LogP contribution in [0.5, 0.6) is 0 Å². The lowest BCUT2D eigenvalue weighted by molar-refractivity contribution is -0.121. The number of amides is 1. The highest BCUT2D eigenvalue weighted by Crippen LogP contribution is 2.32. The first-order valence-electron chi connectivity index (χ1n) is 6.99. The summed E-state index contributed by atoms with van der Waals surface area (Å²) in [6.45, 7) is 1.87. The smallest absolute Gasteiger partial charge is 0.284 e. The second-order valence-corrected chi connectivity index (χ2v) is 7.77. The number of hydrogen-bond acceptors (Lipinski definition) is 5. The number of benzene rings is 1. The van der Waals surface area contributed by atoms with E-state index < -0.39 is 10.0 Å². The molecule has 1 aromatic carbocycles. The van der Waals surface area contributed by atoms with Crippen molar-refractivity contribution in [1.29, 1.82) is 0 Å². The van der Waals surface area contributed by atoms with Crippen LogP contribution in [0, 0.1) is 6.92 Å². The van der Waals surface area contributed by atoms with Gasteiger partial charge in [0.1, 0.15) is 5.76 Å². The van der Waals surface area contributed by atoms with E-state index in [1.807, 2.05) is 6.92 Å². The summed E-state index contributed by atoms with van der Waals surface area (Å²) in [5, 5.41) is 0.110. The number of carbonyl (C=O) groups excluding carboxylic acids is 1. The number of amidine groups is 1. The van der Waals surface area contributed by atoms with E-state index in [2.05, 4.69) is 4.40 Å². The van der Waals surface area contributed by atoms with Crippen molar-refractivity contribution in [2.45, 2.75) is 11.8 Å². The van der Waals surface area contributed by atoms with Gasteiger partial charge in [0.15, 0.2) is 5.17 Å². The Labute approximate surface area is 143 Å². The Kier molecular flexibility index (Phi) is 4.33. The highest BCUT2D eigenvalue weighted by atomic mass is 32.2. The van der Waals surface area contributed by atoms with Crippen LogP contribution in [0.4, 0.5) is 0 Å². The topological polar surface area (TPSA) is 80.0 Å². The molecule has 0 aliphatic carbocycles. The summed E-state index contributed by atoms with van der Waals surface area (Å²) in [5.74, 6) is 0.191. The fourth-order valence-electron chi connectivity index (χ4n) is 2.00. The standard InChI is InChI=1S/C16H14N2O4S2/c1-11-5-7-13(8-6-11)24(20,21)17-16-18(2)15(19)14(23-16)10-12-4-3-9-22-12/h3-10H,1-2H3. The van der Waals surface area contributed by atoms with Crippen LogP contribution in [-0.2, 0) is 14.8 Å². The summed E-state index contributed by atoms with van der Waals surface area (Å²) in [7, 11) is -2.39. The molecule has 3 rings (SSSR count). The van der Waals surface area contributed by atoms with Gasteiger partial charge < -0.3 is 4.42 Å². The van der Waals surface area contributed by atoms with Crippen LogP contribution in [0.2, 0.25) is 0 Å². The fraction of sp³-hybridized carbons (Fsp3) is 0.125. The Morgan fingerprint density at radius 2 is 1.92 bits per heavy atom. The molecule has 0 bridgehead atoms. The van der Waals surface area contributed by atoms with Crippen LogP contribution in [0.25, 0.3) is 6.08 Å². The lowest BCUT2D eigenvalue weighted by Gasteiger charge is -2.07. The Morgan fingerprint density at radius 1 is 1.21 bits per heavy atom. The molecular formula is C16H14N2O4S2. The molecule has 0 saturated carbocycles. The van der Waals surface area contributed by atoms with E-state index in [0.29, 0.717) is 10.7 Å². The van der Waals surface area contributed by atoms with Crippen LogP contribution >= 0.6 is 11.8 Å². The molecule has 0 spiro atoms. The summed E-state index contributed by atoms with van der Waals surface area (Å²) in [6.07, 6.45) is 3.06. The molecule has 2 aromatic rings. The summed E-state index contributed by atoms with van der Waals surface area (Å²) in [6, 6.07) is 9.81. The molecule has 2 heterocycles. The minimum atomic E-state index is -3.88. The van der Waals surface area contributed by atoms with E-state index >= 15 is 0 Å². The lowest BCUT2D eigenvalue weighted by Crippen LogP contribution is -2.24. The van der Waals surface area contributed by atoms with Gasteiger partial charge in [-0.2, -0.15) is 8.42 Å². The van der Waals surface area contributed by atoms with Gasteiger partial charge in [-0.1, -0.05) is 17.7 Å². The van der Waals surface area contributed by atoms with Crippen LogP contribution in [-0.4, -0.2) is 31.4 Å². The summed E-state index contributed by atoms with van der Waals surface area (Å²) in [4.78, 5) is 13.9. The highest BCUT2D eigenvalue weighted by molar-refractivity contribution is 8.19. The first-order valence-corrected chi connectivity index (χ1v) is 9.25. The zero-order valence-electron chi connectivity index (χ0n) is 13.0. The molecule has 1 amide bonds. The van der Waals surface area contributed by atoms with Crippen LogP contribution in [0.15, 0.2) is 61.3 Å². The number of hydrogen-bond donors (Lipinski definition) is 0. The van der Waals surface area contributed by atoms with Crippen molar-refractivity contribution >= 4 is 38.9 Å². The van der Waals surface area contributed by atoms with Crippen molar-refractivity contribution in [3.63, 3.8) is 0 Å². The van der Waals surface area contributed by atoms with Gasteiger partial charge in [-0.25, -0.2) is 0 Å². The average molecular weight is 362 g/mol. The molecule has 24 heavy (non-hydrogen) atoms. The zero-order valence-corrected chi connectivity index (χ0v) is 14.6. The predicted molar refractivity (Wildman–Crippen MR) is 92.8 cm³/mol. The Balaban J connectivity index is 1.93. The first-order chi connectivity index (χ1) is 11.4. The third-order valence-corrected chi connectivity index (χ3v) is 5.79. The van der Waals surface area contributed by atoms with Gasteiger partial charge in [0.2, 0.25) is 0 Å². The minimum Gasteiger partial charge on any atom is -0.465 e. The quantitative estimate of drug-likeness (QED) is 0.785. The molecule has 0 radical (unpaired) electrons. The minimum absolute atomic E-state index is 0.0884. The van der Waals surface area contributed by atoms with E-state index in [4.69, 9.17) is 4.42 Å². The maximum atomic E-state index is 12.4. The van der Waals surface area contributed by atoms with Crippen molar-refractivity contribution in [2.24, 2.45) is 4.40 Å². The number of furan rings is 1. The van der Waals surface area contributed by atoms with Gasteiger partial charge in [-0.05, 0) is 43.0 Å². The van der Waals surface area contributed by atoms with Crippen molar-refractivity contribution in [3.05, 3.63) is 58.9 Å². The largest absolute Gasteiger partial charge is 0.465 e. The molecule has 1 aliphatic heterocycles. The summed E-state index contributed by atoms with van der Waals surface area (Å²) >= 11 is 0.998. The predicted octanol–water partition coefficient (Wildman–Crippen LogP) is 2.88. The zero-order chi connectivity index (χ0) is 17.3. The Morgan fingerprint density at radius 3 is 2.54 bits per heavy atom. The number of sulfonamides is 1. The molecule has 6 nitrogen and oxygen atoms in total. The first kappa shape index (κ1) is 16.5. The van der Waals surface area contributed by atoms with E-state index in [-0.39, 0.29) is 16.0 Å². The SMILES string of the molecule is Cc1ccc(S(=O)(=O)N=C2SC(=Cc3ccco3)C(=O)N2C)cc1. The normalized spacial score (nSPS) is 18.8. The monoisotopic (exact) mass is 362 g/mol. The fourth-order valence-corrected chi connectivity index (χ4v) is 4.17. The van der Waals surface area contributed by atoms with Crippen LogP contribution in [0.1, 0.15) is 11.3 Å². The van der Waals surface area contributed by atoms with Crippen molar-refractivity contribution < 1.29 is 17.6 Å². The summed E-state index contributed by atoms with van der Waals surface area (Å²) in [5.41, 5.74) is 0.952. The highest BCUT2D eigenvalue weighted by Gasteiger charge is 2.32. The van der Waals surface area contributed by atoms with E-state index in [1.165, 1.54) is 30.3 Å². The molecule has 1 saturated heterocycles. The van der Waals surface area contributed by atoms with Crippen LogP contribution < -0.4 is 0 Å². The molecule has 0 unspecified atom stereocenters. The van der Waals surface area contributed by atoms with Crippen LogP contribution in [0.3, 0.4) is 0 Å².